The number of imide groups is 1. The minimum absolute atomic E-state index is 0.129. The molecule has 0 radical (unpaired) electrons. The van der Waals surface area contributed by atoms with Gasteiger partial charge in [-0.3, -0.25) is 19.3 Å². The molecule has 2 saturated carbocycles. The van der Waals surface area contributed by atoms with Crippen molar-refractivity contribution in [3.63, 3.8) is 0 Å². The molecule has 6 nitrogen and oxygen atoms in total. The minimum atomic E-state index is -0.749. The maximum Gasteiger partial charge on any atom is 0.338 e. The molecule has 5 atom stereocenters. The molecule has 0 aromatic heterocycles. The van der Waals surface area contributed by atoms with E-state index in [0.29, 0.717) is 5.69 Å². The normalized spacial score (nSPS) is 25.9. The molecule has 0 N–H and O–H groups in total. The number of esters is 1. The first-order valence-corrected chi connectivity index (χ1v) is 12.4. The van der Waals surface area contributed by atoms with E-state index in [4.69, 9.17) is 4.74 Å². The van der Waals surface area contributed by atoms with Crippen molar-refractivity contribution in [3.8, 4) is 0 Å². The summed E-state index contributed by atoms with van der Waals surface area (Å²) >= 11 is 0. The number of halogens is 1. The molecule has 2 aliphatic carbocycles. The Labute approximate surface area is 213 Å². The molecule has 2 bridgehead atoms. The molecule has 1 aliphatic heterocycles. The van der Waals surface area contributed by atoms with Crippen LogP contribution in [0.2, 0.25) is 0 Å². The summed E-state index contributed by atoms with van der Waals surface area (Å²) in [5.74, 6) is -2.19. The second-order valence-corrected chi connectivity index (χ2v) is 10.0. The summed E-state index contributed by atoms with van der Waals surface area (Å²) in [5.41, 5.74) is 1.91. The first-order valence-electron chi connectivity index (χ1n) is 12.4. The fraction of sp³-hybridized carbons (Fsp3) is 0.267. The third-order valence-electron chi connectivity index (χ3n) is 8.08. The van der Waals surface area contributed by atoms with Gasteiger partial charge in [-0.15, -0.1) is 0 Å². The van der Waals surface area contributed by atoms with Gasteiger partial charge in [0, 0.05) is 5.56 Å². The van der Waals surface area contributed by atoms with E-state index in [1.165, 1.54) is 34.7 Å². The molecule has 1 saturated heterocycles. The number of ketones is 1. The quantitative estimate of drug-likeness (QED) is 0.278. The predicted molar refractivity (Wildman–Crippen MR) is 132 cm³/mol. The molecular weight excluding hydrogens is 473 g/mol. The Bertz CT molecular complexity index is 1400. The van der Waals surface area contributed by atoms with Crippen LogP contribution >= 0.6 is 0 Å². The highest BCUT2D eigenvalue weighted by Gasteiger charge is 2.64. The van der Waals surface area contributed by atoms with Crippen molar-refractivity contribution in [1.82, 2.24) is 0 Å². The number of ether oxygens (including phenoxy) is 1. The van der Waals surface area contributed by atoms with Crippen LogP contribution in [0.5, 0.6) is 0 Å². The van der Waals surface area contributed by atoms with Crippen LogP contribution in [0.25, 0.3) is 0 Å². The van der Waals surface area contributed by atoms with Crippen molar-refractivity contribution in [3.05, 3.63) is 101 Å². The lowest BCUT2D eigenvalue weighted by Crippen LogP contribution is -2.33. The fourth-order valence-electron chi connectivity index (χ4n) is 6.50. The summed E-state index contributed by atoms with van der Waals surface area (Å²) < 4.78 is 18.2. The number of hydrogen-bond acceptors (Lipinski definition) is 5. The summed E-state index contributed by atoms with van der Waals surface area (Å²) in [7, 11) is 0. The van der Waals surface area contributed by atoms with Crippen LogP contribution in [0.15, 0.2) is 78.9 Å². The highest BCUT2D eigenvalue weighted by molar-refractivity contribution is 6.23. The number of carbonyl (C=O) groups excluding carboxylic acids is 4. The minimum Gasteiger partial charge on any atom is -0.454 e. The third-order valence-corrected chi connectivity index (χ3v) is 8.08. The molecule has 3 aliphatic rings. The van der Waals surface area contributed by atoms with Crippen LogP contribution < -0.4 is 4.90 Å². The molecule has 3 aromatic rings. The topological polar surface area (TPSA) is 80.8 Å². The van der Waals surface area contributed by atoms with E-state index in [1.54, 1.807) is 12.1 Å². The lowest BCUT2D eigenvalue weighted by atomic mass is 9.73. The Balaban J connectivity index is 1.18. The zero-order chi connectivity index (χ0) is 25.7. The number of rotatable bonds is 6. The van der Waals surface area contributed by atoms with Gasteiger partial charge in [0.15, 0.2) is 12.4 Å². The Morgan fingerprint density at radius 1 is 0.838 bits per heavy atom. The Kier molecular flexibility index (Phi) is 5.71. The Morgan fingerprint density at radius 2 is 1.57 bits per heavy atom. The largest absolute Gasteiger partial charge is 0.454 e. The number of nitrogens with zero attached hydrogens (tertiary/aromatic N) is 1. The number of Topliss-reactive ketones (excluding diaryl/α,β-unsaturated/α-hetero) is 1. The molecule has 7 heteroatoms. The van der Waals surface area contributed by atoms with Gasteiger partial charge in [0.25, 0.3) is 0 Å². The van der Waals surface area contributed by atoms with Gasteiger partial charge in [-0.05, 0) is 78.6 Å². The average Bonchev–Trinajstić information content (AvgIpc) is 3.59. The van der Waals surface area contributed by atoms with Crippen molar-refractivity contribution in [2.45, 2.75) is 18.8 Å². The van der Waals surface area contributed by atoms with E-state index in [0.717, 1.165) is 25.0 Å². The van der Waals surface area contributed by atoms with Crippen LogP contribution in [0, 0.1) is 29.5 Å². The maximum absolute atomic E-state index is 13.6. The van der Waals surface area contributed by atoms with Crippen molar-refractivity contribution < 1.29 is 28.3 Å². The second-order valence-electron chi connectivity index (χ2n) is 10.0. The van der Waals surface area contributed by atoms with E-state index in [2.05, 4.69) is 12.1 Å². The highest BCUT2D eigenvalue weighted by Crippen LogP contribution is 2.61. The molecular formula is C30H24FNO5. The summed E-state index contributed by atoms with van der Waals surface area (Å²) in [6.07, 6.45) is 1.78. The van der Waals surface area contributed by atoms with Gasteiger partial charge in [-0.2, -0.15) is 0 Å². The molecule has 0 spiro atoms. The van der Waals surface area contributed by atoms with Gasteiger partial charge in [-0.1, -0.05) is 36.4 Å². The summed E-state index contributed by atoms with van der Waals surface area (Å²) in [5, 5.41) is 0. The van der Waals surface area contributed by atoms with Crippen LogP contribution in [-0.2, 0) is 14.3 Å². The van der Waals surface area contributed by atoms with Crippen molar-refractivity contribution in [2.75, 3.05) is 11.5 Å². The first kappa shape index (κ1) is 23.3. The lowest BCUT2D eigenvalue weighted by molar-refractivity contribution is -0.123. The fourth-order valence-corrected chi connectivity index (χ4v) is 6.50. The molecule has 3 aromatic carbocycles. The SMILES string of the molecule is O=C(COC(=O)c1cccc(N2C(=O)C3C4CC(c5ccccc5)C(C4)C3C2=O)c1)c1ccc(F)cc1. The molecule has 6 rings (SSSR count). The summed E-state index contributed by atoms with van der Waals surface area (Å²) in [4.78, 5) is 53.1. The monoisotopic (exact) mass is 497 g/mol. The second kappa shape index (κ2) is 9.07. The number of benzene rings is 3. The van der Waals surface area contributed by atoms with Crippen molar-refractivity contribution >= 4 is 29.3 Å². The summed E-state index contributed by atoms with van der Waals surface area (Å²) in [6, 6.07) is 21.3. The molecule has 5 unspecified atom stereocenters. The number of hydrogen-bond donors (Lipinski definition) is 0. The zero-order valence-corrected chi connectivity index (χ0v) is 19.9. The van der Waals surface area contributed by atoms with E-state index in [-0.39, 0.29) is 52.5 Å². The van der Waals surface area contributed by atoms with Crippen molar-refractivity contribution in [2.24, 2.45) is 23.7 Å². The number of fused-ring (bicyclic) bond motifs is 5. The number of anilines is 1. The van der Waals surface area contributed by atoms with E-state index in [9.17, 15) is 23.6 Å². The predicted octanol–water partition coefficient (Wildman–Crippen LogP) is 4.79. The molecule has 1 heterocycles. The lowest BCUT2D eigenvalue weighted by Gasteiger charge is -2.28. The standard InChI is InChI=1S/C30H24FNO5/c31-21-11-9-18(10-12-21)25(33)16-37-30(36)19-7-4-8-22(13-19)32-28(34)26-20-14-23(17-5-2-1-3-6-17)24(15-20)27(26)29(32)35/h1-13,20,23-24,26-27H,14-16H2. The van der Waals surface area contributed by atoms with Gasteiger partial charge < -0.3 is 4.74 Å². The van der Waals surface area contributed by atoms with Gasteiger partial charge in [0.2, 0.25) is 11.8 Å². The van der Waals surface area contributed by atoms with Crippen LogP contribution in [0.1, 0.15) is 45.0 Å². The van der Waals surface area contributed by atoms with Gasteiger partial charge >= 0.3 is 5.97 Å². The Morgan fingerprint density at radius 3 is 2.32 bits per heavy atom. The first-order chi connectivity index (χ1) is 17.9. The van der Waals surface area contributed by atoms with E-state index in [1.807, 2.05) is 18.2 Å². The third kappa shape index (κ3) is 3.95. The average molecular weight is 498 g/mol. The van der Waals surface area contributed by atoms with Crippen LogP contribution in [0.4, 0.5) is 10.1 Å². The molecule has 3 fully saturated rings. The van der Waals surface area contributed by atoms with Gasteiger partial charge in [0.1, 0.15) is 5.82 Å². The Hall–Kier alpha value is -4.13. The molecule has 186 valence electrons. The van der Waals surface area contributed by atoms with Crippen LogP contribution in [0.3, 0.4) is 0 Å². The smallest absolute Gasteiger partial charge is 0.338 e. The maximum atomic E-state index is 13.6. The summed E-state index contributed by atoms with van der Waals surface area (Å²) in [6.45, 7) is -0.509. The van der Waals surface area contributed by atoms with E-state index < -0.39 is 24.2 Å². The van der Waals surface area contributed by atoms with Gasteiger partial charge in [0.05, 0.1) is 23.1 Å². The zero-order valence-electron chi connectivity index (χ0n) is 19.9. The van der Waals surface area contributed by atoms with Crippen LogP contribution in [-0.4, -0.2) is 30.2 Å². The highest BCUT2D eigenvalue weighted by atomic mass is 19.1. The van der Waals surface area contributed by atoms with E-state index >= 15 is 0 Å². The van der Waals surface area contributed by atoms with Crippen molar-refractivity contribution in [1.29, 1.82) is 0 Å². The number of carbonyl (C=O) groups is 4. The number of amides is 2. The molecule has 37 heavy (non-hydrogen) atoms. The van der Waals surface area contributed by atoms with Gasteiger partial charge in [-0.25, -0.2) is 9.18 Å². The molecule has 2 amide bonds.